The molecule has 0 radical (unpaired) electrons. The molecule has 0 unspecified atom stereocenters. The van der Waals surface area contributed by atoms with Crippen LogP contribution >= 0.6 is 15.9 Å². The van der Waals surface area contributed by atoms with Crippen LogP contribution < -0.4 is 5.56 Å². The summed E-state index contributed by atoms with van der Waals surface area (Å²) in [6.45, 7) is 1.67. The van der Waals surface area contributed by atoms with Crippen LogP contribution in [0.25, 0.3) is 0 Å². The minimum atomic E-state index is -0.915. The molecule has 0 saturated heterocycles. The van der Waals surface area contributed by atoms with Crippen LogP contribution in [0.2, 0.25) is 0 Å². The summed E-state index contributed by atoms with van der Waals surface area (Å²) in [7, 11) is 0. The lowest BCUT2D eigenvalue weighted by molar-refractivity contribution is 0.494. The van der Waals surface area contributed by atoms with Crippen molar-refractivity contribution >= 4 is 15.9 Å². The minimum Gasteiger partial charge on any atom is -0.310 e. The Morgan fingerprint density at radius 2 is 2.06 bits per heavy atom. The van der Waals surface area contributed by atoms with E-state index in [9.17, 15) is 13.6 Å². The van der Waals surface area contributed by atoms with Crippen LogP contribution in [0, 0.1) is 18.6 Å². The Bertz CT molecular complexity index is 652. The van der Waals surface area contributed by atoms with Gasteiger partial charge in [-0.3, -0.25) is 4.79 Å². The highest BCUT2D eigenvalue weighted by Crippen LogP contribution is 2.14. The van der Waals surface area contributed by atoms with Gasteiger partial charge in [0.05, 0.1) is 6.54 Å². The van der Waals surface area contributed by atoms with Gasteiger partial charge in [0, 0.05) is 21.8 Å². The quantitative estimate of drug-likeness (QED) is 0.834. The van der Waals surface area contributed by atoms with E-state index in [1.54, 1.807) is 19.2 Å². The Labute approximate surface area is 111 Å². The number of benzene rings is 1. The molecule has 0 aliphatic heterocycles. The lowest BCUT2D eigenvalue weighted by Gasteiger charge is -2.09. The predicted molar refractivity (Wildman–Crippen MR) is 68.6 cm³/mol. The van der Waals surface area contributed by atoms with Crippen LogP contribution in [0.3, 0.4) is 0 Å². The van der Waals surface area contributed by atoms with E-state index in [1.165, 1.54) is 16.7 Å². The molecule has 18 heavy (non-hydrogen) atoms. The van der Waals surface area contributed by atoms with Gasteiger partial charge in [-0.1, -0.05) is 12.1 Å². The Hall–Kier alpha value is -1.49. The molecule has 0 bridgehead atoms. The second-order valence-electron chi connectivity index (χ2n) is 3.99. The fraction of sp³-hybridized carbons (Fsp3) is 0.154. The number of aryl methyl sites for hydroxylation is 1. The fourth-order valence-corrected chi connectivity index (χ4v) is 2.30. The van der Waals surface area contributed by atoms with Gasteiger partial charge in [0.15, 0.2) is 11.6 Å². The molecule has 2 rings (SSSR count). The molecule has 1 aromatic heterocycles. The summed E-state index contributed by atoms with van der Waals surface area (Å²) in [5.74, 6) is -1.82. The molecule has 5 heteroatoms. The molecule has 0 aliphatic rings. The van der Waals surface area contributed by atoms with E-state index in [4.69, 9.17) is 0 Å². The molecule has 1 heterocycles. The molecule has 0 atom stereocenters. The van der Waals surface area contributed by atoms with E-state index in [0.29, 0.717) is 5.56 Å². The first-order valence-electron chi connectivity index (χ1n) is 5.28. The Balaban J connectivity index is 2.46. The highest BCUT2D eigenvalue weighted by Gasteiger charge is 2.09. The summed E-state index contributed by atoms with van der Waals surface area (Å²) < 4.78 is 28.7. The molecular formula is C13H10BrF2NO. The average Bonchev–Trinajstić information content (AvgIpc) is 2.31. The second-order valence-corrected chi connectivity index (χ2v) is 4.90. The number of aromatic nitrogens is 1. The Kier molecular flexibility index (Phi) is 3.61. The maximum atomic E-state index is 13.5. The zero-order chi connectivity index (χ0) is 13.3. The first kappa shape index (κ1) is 13.0. The topological polar surface area (TPSA) is 22.0 Å². The molecule has 2 aromatic rings. The average molecular weight is 314 g/mol. The van der Waals surface area contributed by atoms with Gasteiger partial charge in [-0.15, -0.1) is 0 Å². The highest BCUT2D eigenvalue weighted by molar-refractivity contribution is 9.10. The Morgan fingerprint density at radius 3 is 2.78 bits per heavy atom. The monoisotopic (exact) mass is 313 g/mol. The number of hydrogen-bond acceptors (Lipinski definition) is 1. The molecule has 2 nitrogen and oxygen atoms in total. The van der Waals surface area contributed by atoms with Crippen molar-refractivity contribution in [2.24, 2.45) is 0 Å². The van der Waals surface area contributed by atoms with Crippen molar-refractivity contribution in [2.75, 3.05) is 0 Å². The van der Waals surface area contributed by atoms with Gasteiger partial charge < -0.3 is 4.57 Å². The van der Waals surface area contributed by atoms with Gasteiger partial charge in [-0.2, -0.15) is 0 Å². The first-order valence-corrected chi connectivity index (χ1v) is 6.08. The highest BCUT2D eigenvalue weighted by atomic mass is 79.9. The first-order chi connectivity index (χ1) is 8.49. The van der Waals surface area contributed by atoms with Crippen molar-refractivity contribution in [2.45, 2.75) is 13.5 Å². The number of rotatable bonds is 2. The lowest BCUT2D eigenvalue weighted by atomic mass is 10.2. The van der Waals surface area contributed by atoms with Crippen LogP contribution in [0.15, 0.2) is 39.7 Å². The van der Waals surface area contributed by atoms with Gasteiger partial charge in [-0.05, 0) is 35.0 Å². The van der Waals surface area contributed by atoms with Crippen molar-refractivity contribution < 1.29 is 8.78 Å². The molecule has 0 fully saturated rings. The van der Waals surface area contributed by atoms with Crippen LogP contribution in [0.1, 0.15) is 11.1 Å². The van der Waals surface area contributed by atoms with Crippen LogP contribution in [0.5, 0.6) is 0 Å². The third-order valence-electron chi connectivity index (χ3n) is 2.60. The van der Waals surface area contributed by atoms with Gasteiger partial charge in [0.25, 0.3) is 5.56 Å². The minimum absolute atomic E-state index is 0.00269. The maximum Gasteiger partial charge on any atom is 0.253 e. The summed E-state index contributed by atoms with van der Waals surface area (Å²) in [4.78, 5) is 11.8. The summed E-state index contributed by atoms with van der Waals surface area (Å²) in [5.41, 5.74) is 0.470. The lowest BCUT2D eigenvalue weighted by Crippen LogP contribution is -2.22. The van der Waals surface area contributed by atoms with Gasteiger partial charge in [-0.25, -0.2) is 8.78 Å². The summed E-state index contributed by atoms with van der Waals surface area (Å²) in [6.07, 6.45) is 1.56. The smallest absolute Gasteiger partial charge is 0.253 e. The fourth-order valence-electron chi connectivity index (χ4n) is 1.71. The van der Waals surface area contributed by atoms with Gasteiger partial charge in [0.1, 0.15) is 0 Å². The number of pyridine rings is 1. The molecule has 0 N–H and O–H groups in total. The zero-order valence-electron chi connectivity index (χ0n) is 9.58. The zero-order valence-corrected chi connectivity index (χ0v) is 11.2. The van der Waals surface area contributed by atoms with Crippen molar-refractivity contribution in [1.29, 1.82) is 0 Å². The van der Waals surface area contributed by atoms with Crippen LogP contribution in [-0.2, 0) is 6.54 Å². The molecule has 0 aliphatic carbocycles. The van der Waals surface area contributed by atoms with Crippen molar-refractivity contribution in [3.05, 3.63) is 68.1 Å². The van der Waals surface area contributed by atoms with Crippen molar-refractivity contribution in [3.8, 4) is 0 Å². The summed E-state index contributed by atoms with van der Waals surface area (Å²) in [5, 5.41) is 0. The van der Waals surface area contributed by atoms with E-state index < -0.39 is 11.6 Å². The second kappa shape index (κ2) is 5.02. The summed E-state index contributed by atoms with van der Waals surface area (Å²) in [6, 6.07) is 5.61. The number of halogens is 3. The van der Waals surface area contributed by atoms with E-state index >= 15 is 0 Å². The molecule has 0 saturated carbocycles. The van der Waals surface area contributed by atoms with Crippen molar-refractivity contribution in [3.63, 3.8) is 0 Å². The van der Waals surface area contributed by atoms with E-state index in [2.05, 4.69) is 15.9 Å². The van der Waals surface area contributed by atoms with Crippen LogP contribution in [-0.4, -0.2) is 4.57 Å². The largest absolute Gasteiger partial charge is 0.310 e. The third kappa shape index (κ3) is 2.51. The number of hydrogen-bond donors (Lipinski definition) is 0. The van der Waals surface area contributed by atoms with E-state index in [1.807, 2.05) is 0 Å². The molecule has 0 amide bonds. The van der Waals surface area contributed by atoms with Gasteiger partial charge in [0.2, 0.25) is 0 Å². The van der Waals surface area contributed by atoms with Crippen LogP contribution in [0.4, 0.5) is 8.78 Å². The normalized spacial score (nSPS) is 10.7. The van der Waals surface area contributed by atoms with Gasteiger partial charge >= 0.3 is 0 Å². The maximum absolute atomic E-state index is 13.5. The molecular weight excluding hydrogens is 304 g/mol. The standard InChI is InChI=1S/C13H10BrF2NO/c1-8-5-10(14)7-17(13(8)18)6-9-3-2-4-11(15)12(9)16/h2-5,7H,6H2,1H3. The molecule has 1 aromatic carbocycles. The molecule has 0 spiro atoms. The molecule has 94 valence electrons. The van der Waals surface area contributed by atoms with Crippen molar-refractivity contribution in [1.82, 2.24) is 4.57 Å². The number of nitrogens with zero attached hydrogens (tertiary/aromatic N) is 1. The predicted octanol–water partition coefficient (Wildman–Crippen LogP) is 3.25. The Morgan fingerprint density at radius 1 is 1.33 bits per heavy atom. The summed E-state index contributed by atoms with van der Waals surface area (Å²) >= 11 is 3.27. The third-order valence-corrected chi connectivity index (χ3v) is 3.04. The van der Waals surface area contributed by atoms with E-state index in [-0.39, 0.29) is 17.7 Å². The SMILES string of the molecule is Cc1cc(Br)cn(Cc2cccc(F)c2F)c1=O. The van der Waals surface area contributed by atoms with E-state index in [0.717, 1.165) is 10.5 Å².